The minimum atomic E-state index is -0.441. The van der Waals surface area contributed by atoms with E-state index in [-0.39, 0.29) is 5.91 Å². The Labute approximate surface area is 112 Å². The Hall–Kier alpha value is -1.88. The maximum Gasteiger partial charge on any atom is 0.339 e. The van der Waals surface area contributed by atoms with E-state index in [0.717, 1.165) is 18.4 Å². The van der Waals surface area contributed by atoms with Gasteiger partial charge in [-0.15, -0.1) is 0 Å². The van der Waals surface area contributed by atoms with Crippen LogP contribution in [-0.4, -0.2) is 25.5 Å². The third kappa shape index (κ3) is 2.76. The van der Waals surface area contributed by atoms with E-state index in [1.54, 1.807) is 17.0 Å². The van der Waals surface area contributed by atoms with Crippen molar-refractivity contribution < 1.29 is 14.3 Å². The van der Waals surface area contributed by atoms with Crippen LogP contribution in [0.4, 0.5) is 5.69 Å². The fourth-order valence-corrected chi connectivity index (χ4v) is 2.28. The summed E-state index contributed by atoms with van der Waals surface area (Å²) in [5.41, 5.74) is 7.45. The van der Waals surface area contributed by atoms with Crippen molar-refractivity contribution in [3.05, 3.63) is 29.3 Å². The van der Waals surface area contributed by atoms with Crippen LogP contribution in [0.25, 0.3) is 0 Å². The van der Waals surface area contributed by atoms with Gasteiger partial charge in [0.2, 0.25) is 5.91 Å². The number of rotatable bonds is 3. The number of esters is 1. The third-order valence-corrected chi connectivity index (χ3v) is 3.32. The second kappa shape index (κ2) is 5.84. The second-order valence-corrected chi connectivity index (χ2v) is 4.55. The monoisotopic (exact) mass is 262 g/mol. The van der Waals surface area contributed by atoms with Crippen molar-refractivity contribution >= 4 is 17.6 Å². The number of hydrogen-bond donors (Lipinski definition) is 1. The predicted octanol–water partition coefficient (Wildman–Crippen LogP) is 1.45. The van der Waals surface area contributed by atoms with Gasteiger partial charge >= 0.3 is 5.97 Å². The van der Waals surface area contributed by atoms with Gasteiger partial charge in [-0.1, -0.05) is 6.07 Å². The lowest BCUT2D eigenvalue weighted by Crippen LogP contribution is -2.36. The molecule has 0 aromatic heterocycles. The Morgan fingerprint density at radius 3 is 2.84 bits per heavy atom. The molecule has 0 atom stereocenters. The quantitative estimate of drug-likeness (QED) is 0.837. The number of nitrogens with two attached hydrogens (primary N) is 1. The Kier molecular flexibility index (Phi) is 4.16. The summed E-state index contributed by atoms with van der Waals surface area (Å²) in [7, 11) is 1.33. The molecule has 0 unspecified atom stereocenters. The molecular weight excluding hydrogens is 244 g/mol. The number of benzene rings is 1. The molecule has 5 heteroatoms. The van der Waals surface area contributed by atoms with E-state index in [9.17, 15) is 9.59 Å². The minimum absolute atomic E-state index is 0.0527. The van der Waals surface area contributed by atoms with E-state index in [4.69, 9.17) is 10.5 Å². The average Bonchev–Trinajstić information content (AvgIpc) is 2.46. The average molecular weight is 262 g/mol. The summed E-state index contributed by atoms with van der Waals surface area (Å²) in [5, 5.41) is 0. The first-order chi connectivity index (χ1) is 9.17. The van der Waals surface area contributed by atoms with Crippen LogP contribution >= 0.6 is 0 Å². The molecule has 1 heterocycles. The van der Waals surface area contributed by atoms with Crippen LogP contribution in [-0.2, 0) is 16.1 Å². The lowest BCUT2D eigenvalue weighted by molar-refractivity contribution is -0.119. The number of carbonyl (C=O) groups excluding carboxylic acids is 2. The Balaban J connectivity index is 2.43. The van der Waals surface area contributed by atoms with Crippen LogP contribution in [0.3, 0.4) is 0 Å². The van der Waals surface area contributed by atoms with Crippen LogP contribution in [0.5, 0.6) is 0 Å². The van der Waals surface area contributed by atoms with Crippen LogP contribution < -0.4 is 10.6 Å². The molecule has 2 rings (SSSR count). The summed E-state index contributed by atoms with van der Waals surface area (Å²) in [6, 6.07) is 5.31. The molecule has 1 fully saturated rings. The number of amides is 1. The van der Waals surface area contributed by atoms with Crippen molar-refractivity contribution in [3.63, 3.8) is 0 Å². The number of nitrogens with zero attached hydrogens (tertiary/aromatic N) is 1. The van der Waals surface area contributed by atoms with E-state index < -0.39 is 5.97 Å². The maximum atomic E-state index is 12.0. The zero-order valence-electron chi connectivity index (χ0n) is 11.0. The van der Waals surface area contributed by atoms with Crippen molar-refractivity contribution in [2.24, 2.45) is 5.73 Å². The predicted molar refractivity (Wildman–Crippen MR) is 71.9 cm³/mol. The van der Waals surface area contributed by atoms with Gasteiger partial charge in [-0.2, -0.15) is 0 Å². The molecule has 1 saturated heterocycles. The van der Waals surface area contributed by atoms with E-state index in [1.807, 2.05) is 6.07 Å². The van der Waals surface area contributed by atoms with Crippen molar-refractivity contribution in [1.29, 1.82) is 0 Å². The van der Waals surface area contributed by atoms with Gasteiger partial charge in [0.05, 0.1) is 18.4 Å². The van der Waals surface area contributed by atoms with Crippen molar-refractivity contribution in [2.45, 2.75) is 25.8 Å². The topological polar surface area (TPSA) is 72.6 Å². The van der Waals surface area contributed by atoms with Crippen LogP contribution in [0, 0.1) is 0 Å². The molecule has 0 aliphatic carbocycles. The highest BCUT2D eigenvalue weighted by atomic mass is 16.5. The summed E-state index contributed by atoms with van der Waals surface area (Å²) in [6.45, 7) is 0.989. The van der Waals surface area contributed by atoms with Crippen molar-refractivity contribution in [2.75, 3.05) is 18.6 Å². The molecular formula is C14H18N2O3. The first kappa shape index (κ1) is 13.5. The molecule has 2 N–H and O–H groups in total. The van der Waals surface area contributed by atoms with Gasteiger partial charge in [0.1, 0.15) is 0 Å². The smallest absolute Gasteiger partial charge is 0.339 e. The lowest BCUT2D eigenvalue weighted by Gasteiger charge is -2.28. The van der Waals surface area contributed by atoms with Crippen molar-refractivity contribution in [3.8, 4) is 0 Å². The maximum absolute atomic E-state index is 12.0. The van der Waals surface area contributed by atoms with Gasteiger partial charge in [0.25, 0.3) is 0 Å². The van der Waals surface area contributed by atoms with Gasteiger partial charge in [0.15, 0.2) is 0 Å². The van der Waals surface area contributed by atoms with Crippen molar-refractivity contribution in [1.82, 2.24) is 0 Å². The van der Waals surface area contributed by atoms with Gasteiger partial charge in [-0.3, -0.25) is 4.79 Å². The normalized spacial score (nSPS) is 15.5. The fourth-order valence-electron chi connectivity index (χ4n) is 2.28. The largest absolute Gasteiger partial charge is 0.465 e. The second-order valence-electron chi connectivity index (χ2n) is 4.55. The molecule has 1 amide bonds. The summed E-state index contributed by atoms with van der Waals surface area (Å²) >= 11 is 0. The summed E-state index contributed by atoms with van der Waals surface area (Å²) in [6.07, 6.45) is 2.38. The number of carbonyl (C=O) groups is 2. The fraction of sp³-hybridized carbons (Fsp3) is 0.429. The molecule has 0 spiro atoms. The zero-order chi connectivity index (χ0) is 13.8. The number of anilines is 1. The Bertz CT molecular complexity index is 499. The van der Waals surface area contributed by atoms with E-state index in [2.05, 4.69) is 0 Å². The SMILES string of the molecule is COC(=O)c1cc(CN)ccc1N1CCCCC1=O. The molecule has 0 radical (unpaired) electrons. The molecule has 102 valence electrons. The Morgan fingerprint density at radius 1 is 1.42 bits per heavy atom. The summed E-state index contributed by atoms with van der Waals surface area (Å²) in [5.74, 6) is -0.388. The highest BCUT2D eigenvalue weighted by Gasteiger charge is 2.24. The van der Waals surface area contributed by atoms with Gasteiger partial charge < -0.3 is 15.4 Å². The van der Waals surface area contributed by atoms with Gasteiger partial charge in [-0.05, 0) is 30.5 Å². The Morgan fingerprint density at radius 2 is 2.21 bits per heavy atom. The molecule has 1 aromatic carbocycles. The van der Waals surface area contributed by atoms with Gasteiger partial charge in [-0.25, -0.2) is 4.79 Å². The van der Waals surface area contributed by atoms with E-state index >= 15 is 0 Å². The molecule has 1 aliphatic rings. The van der Waals surface area contributed by atoms with E-state index in [0.29, 0.717) is 30.8 Å². The summed E-state index contributed by atoms with van der Waals surface area (Å²) < 4.78 is 4.78. The minimum Gasteiger partial charge on any atom is -0.465 e. The molecule has 1 aliphatic heterocycles. The standard InChI is InChI=1S/C14H18N2O3/c1-19-14(18)11-8-10(9-15)5-6-12(11)16-7-3-2-4-13(16)17/h5-6,8H,2-4,7,9,15H2,1H3. The molecule has 0 saturated carbocycles. The van der Waals surface area contributed by atoms with Crippen LogP contribution in [0.15, 0.2) is 18.2 Å². The first-order valence-electron chi connectivity index (χ1n) is 6.39. The van der Waals surface area contributed by atoms with Gasteiger partial charge in [0, 0.05) is 19.5 Å². The van der Waals surface area contributed by atoms with Crippen LogP contribution in [0.1, 0.15) is 35.2 Å². The zero-order valence-corrected chi connectivity index (χ0v) is 11.0. The number of ether oxygens (including phenoxy) is 1. The molecule has 5 nitrogen and oxygen atoms in total. The highest BCUT2D eigenvalue weighted by Crippen LogP contribution is 2.26. The first-order valence-corrected chi connectivity index (χ1v) is 6.39. The number of piperidine rings is 1. The molecule has 0 bridgehead atoms. The summed E-state index contributed by atoms with van der Waals surface area (Å²) in [4.78, 5) is 25.5. The third-order valence-electron chi connectivity index (χ3n) is 3.32. The number of methoxy groups -OCH3 is 1. The number of hydrogen-bond acceptors (Lipinski definition) is 4. The highest BCUT2D eigenvalue weighted by molar-refractivity contribution is 6.03. The van der Waals surface area contributed by atoms with Crippen LogP contribution in [0.2, 0.25) is 0 Å². The molecule has 19 heavy (non-hydrogen) atoms. The van der Waals surface area contributed by atoms with E-state index in [1.165, 1.54) is 7.11 Å². The lowest BCUT2D eigenvalue weighted by atomic mass is 10.0. The molecule has 1 aromatic rings.